The molecule has 0 saturated heterocycles. The summed E-state index contributed by atoms with van der Waals surface area (Å²) in [5.41, 5.74) is 4.99. The normalized spacial score (nSPS) is 12.2. The van der Waals surface area contributed by atoms with Gasteiger partial charge in [0.1, 0.15) is 0 Å². The third kappa shape index (κ3) is 3.25. The Morgan fingerprint density at radius 2 is 1.83 bits per heavy atom. The van der Waals surface area contributed by atoms with E-state index in [1.54, 1.807) is 12.1 Å². The van der Waals surface area contributed by atoms with Crippen LogP contribution in [-0.4, -0.2) is 24.9 Å². The number of benzene rings is 2. The summed E-state index contributed by atoms with van der Waals surface area (Å²) in [6.45, 7) is 5.26. The van der Waals surface area contributed by atoms with E-state index < -0.39 is 0 Å². The lowest BCUT2D eigenvalue weighted by atomic mass is 10.1. The highest BCUT2D eigenvalue weighted by atomic mass is 16.2. The van der Waals surface area contributed by atoms with Crippen molar-refractivity contribution < 1.29 is 9.59 Å². The summed E-state index contributed by atoms with van der Waals surface area (Å²) in [5, 5.41) is 8.96. The second-order valence-electron chi connectivity index (χ2n) is 5.89. The summed E-state index contributed by atoms with van der Waals surface area (Å²) in [6.07, 6.45) is 0.933. The predicted molar refractivity (Wildman–Crippen MR) is 95.8 cm³/mol. The number of carbonyl (C=O) groups excluding carboxylic acids is 2. The zero-order valence-electron chi connectivity index (χ0n) is 13.9. The van der Waals surface area contributed by atoms with Crippen molar-refractivity contribution in [1.82, 2.24) is 5.32 Å². The van der Waals surface area contributed by atoms with Crippen molar-refractivity contribution in [2.45, 2.75) is 20.3 Å². The summed E-state index contributed by atoms with van der Waals surface area (Å²) >= 11 is 0. The minimum atomic E-state index is -0.166. The second-order valence-corrected chi connectivity index (χ2v) is 5.89. The largest absolute Gasteiger partial charge is 0.384 e. The van der Waals surface area contributed by atoms with Gasteiger partial charge in [0.05, 0.1) is 0 Å². The molecule has 2 aromatic rings. The van der Waals surface area contributed by atoms with Crippen molar-refractivity contribution in [2.75, 3.05) is 23.7 Å². The molecule has 1 aliphatic rings. The molecule has 3 N–H and O–H groups in total. The van der Waals surface area contributed by atoms with Gasteiger partial charge in [-0.15, -0.1) is 0 Å². The van der Waals surface area contributed by atoms with Gasteiger partial charge in [-0.25, -0.2) is 0 Å². The molecule has 1 aliphatic heterocycles. The number of nitrogens with one attached hydrogen (secondary N) is 3. The predicted octanol–water partition coefficient (Wildman–Crippen LogP) is 2.97. The van der Waals surface area contributed by atoms with E-state index in [-0.39, 0.29) is 11.8 Å². The van der Waals surface area contributed by atoms with Crippen LogP contribution in [0.4, 0.5) is 11.4 Å². The number of aryl methyl sites for hydroxylation is 1. The van der Waals surface area contributed by atoms with Crippen molar-refractivity contribution in [1.29, 1.82) is 0 Å². The van der Waals surface area contributed by atoms with E-state index in [1.165, 1.54) is 0 Å². The number of hydrogen-bond acceptors (Lipinski definition) is 3. The number of fused-ring (bicyclic) bond motifs is 1. The molecule has 124 valence electrons. The fourth-order valence-corrected chi connectivity index (χ4v) is 2.80. The molecule has 0 aromatic heterocycles. The number of rotatable bonds is 4. The number of carbonyl (C=O) groups is 2. The first kappa shape index (κ1) is 16.1. The van der Waals surface area contributed by atoms with Gasteiger partial charge >= 0.3 is 0 Å². The van der Waals surface area contributed by atoms with E-state index in [2.05, 4.69) is 16.0 Å². The molecule has 5 heteroatoms. The highest BCUT2D eigenvalue weighted by molar-refractivity contribution is 6.06. The highest BCUT2D eigenvalue weighted by Gasteiger charge is 2.15. The van der Waals surface area contributed by atoms with Crippen LogP contribution < -0.4 is 16.0 Å². The van der Waals surface area contributed by atoms with Gasteiger partial charge in [-0.05, 0) is 61.7 Å². The summed E-state index contributed by atoms with van der Waals surface area (Å²) < 4.78 is 0. The Bertz CT molecular complexity index is 799. The molecule has 0 unspecified atom stereocenters. The SMILES string of the molecule is CCNC(=O)c1ccc(C)c(NC(=O)c2ccc3c(c2)CCN3)c1. The molecule has 0 atom stereocenters. The van der Waals surface area contributed by atoms with Crippen molar-refractivity contribution >= 4 is 23.2 Å². The lowest BCUT2D eigenvalue weighted by Gasteiger charge is -2.11. The molecule has 0 radical (unpaired) electrons. The molecule has 3 rings (SSSR count). The van der Waals surface area contributed by atoms with E-state index in [9.17, 15) is 9.59 Å². The lowest BCUT2D eigenvalue weighted by Crippen LogP contribution is -2.23. The first-order valence-electron chi connectivity index (χ1n) is 8.15. The number of hydrogen-bond donors (Lipinski definition) is 3. The molecule has 0 bridgehead atoms. The first-order valence-corrected chi connectivity index (χ1v) is 8.15. The molecule has 2 amide bonds. The fraction of sp³-hybridized carbons (Fsp3) is 0.263. The summed E-state index contributed by atoms with van der Waals surface area (Å²) in [7, 11) is 0. The molecular formula is C19H21N3O2. The van der Waals surface area contributed by atoms with Crippen LogP contribution >= 0.6 is 0 Å². The minimum Gasteiger partial charge on any atom is -0.384 e. The van der Waals surface area contributed by atoms with Gasteiger partial charge in [0.25, 0.3) is 11.8 Å². The molecule has 1 heterocycles. The zero-order chi connectivity index (χ0) is 17.1. The van der Waals surface area contributed by atoms with Crippen molar-refractivity contribution in [3.63, 3.8) is 0 Å². The smallest absolute Gasteiger partial charge is 0.255 e. The van der Waals surface area contributed by atoms with Gasteiger partial charge in [-0.2, -0.15) is 0 Å². The number of anilines is 2. The maximum atomic E-state index is 12.5. The zero-order valence-corrected chi connectivity index (χ0v) is 13.9. The fourth-order valence-electron chi connectivity index (χ4n) is 2.80. The lowest BCUT2D eigenvalue weighted by molar-refractivity contribution is 0.0954. The molecular weight excluding hydrogens is 302 g/mol. The molecule has 0 saturated carbocycles. The van der Waals surface area contributed by atoms with E-state index in [4.69, 9.17) is 0 Å². The van der Waals surface area contributed by atoms with Gasteiger partial charge in [-0.3, -0.25) is 9.59 Å². The second kappa shape index (κ2) is 6.74. The van der Waals surface area contributed by atoms with Gasteiger partial charge in [-0.1, -0.05) is 6.07 Å². The average Bonchev–Trinajstić information content (AvgIpc) is 3.04. The van der Waals surface area contributed by atoms with Crippen molar-refractivity contribution in [2.24, 2.45) is 0 Å². The molecule has 0 fully saturated rings. The van der Waals surface area contributed by atoms with Crippen molar-refractivity contribution in [3.05, 3.63) is 58.7 Å². The molecule has 0 spiro atoms. The molecule has 0 aliphatic carbocycles. The third-order valence-corrected chi connectivity index (χ3v) is 4.16. The van der Waals surface area contributed by atoms with Gasteiger partial charge in [0.15, 0.2) is 0 Å². The van der Waals surface area contributed by atoms with Crippen LogP contribution in [0.5, 0.6) is 0 Å². The van der Waals surface area contributed by atoms with E-state index in [1.807, 2.05) is 38.1 Å². The van der Waals surface area contributed by atoms with Gasteiger partial charge in [0, 0.05) is 35.6 Å². The summed E-state index contributed by atoms with van der Waals surface area (Å²) in [5.74, 6) is -0.308. The Morgan fingerprint density at radius 1 is 1.08 bits per heavy atom. The van der Waals surface area contributed by atoms with Crippen LogP contribution in [0.2, 0.25) is 0 Å². The van der Waals surface area contributed by atoms with Crippen LogP contribution in [0.25, 0.3) is 0 Å². The van der Waals surface area contributed by atoms with Crippen LogP contribution in [-0.2, 0) is 6.42 Å². The van der Waals surface area contributed by atoms with Gasteiger partial charge < -0.3 is 16.0 Å². The standard InChI is InChI=1S/C19H21N3O2/c1-3-20-18(23)15-5-4-12(2)17(11-15)22-19(24)14-6-7-16-13(10-14)8-9-21-16/h4-7,10-11,21H,3,8-9H2,1-2H3,(H,20,23)(H,22,24). The van der Waals surface area contributed by atoms with Crippen LogP contribution in [0, 0.1) is 6.92 Å². The highest BCUT2D eigenvalue weighted by Crippen LogP contribution is 2.24. The average molecular weight is 323 g/mol. The third-order valence-electron chi connectivity index (χ3n) is 4.16. The Hall–Kier alpha value is -2.82. The molecule has 2 aromatic carbocycles. The Labute approximate surface area is 141 Å². The monoisotopic (exact) mass is 323 g/mol. The first-order chi connectivity index (χ1) is 11.6. The topological polar surface area (TPSA) is 70.2 Å². The quantitative estimate of drug-likeness (QED) is 0.810. The van der Waals surface area contributed by atoms with Crippen LogP contribution in [0.3, 0.4) is 0 Å². The number of amides is 2. The van der Waals surface area contributed by atoms with E-state index in [0.717, 1.165) is 29.8 Å². The maximum Gasteiger partial charge on any atom is 0.255 e. The molecule has 24 heavy (non-hydrogen) atoms. The maximum absolute atomic E-state index is 12.5. The summed E-state index contributed by atoms with van der Waals surface area (Å²) in [6, 6.07) is 11.0. The Morgan fingerprint density at radius 3 is 2.62 bits per heavy atom. The Balaban J connectivity index is 1.81. The van der Waals surface area contributed by atoms with Crippen LogP contribution in [0.15, 0.2) is 36.4 Å². The Kier molecular flexibility index (Phi) is 4.51. The van der Waals surface area contributed by atoms with Crippen molar-refractivity contribution in [3.8, 4) is 0 Å². The minimum absolute atomic E-state index is 0.142. The van der Waals surface area contributed by atoms with Crippen LogP contribution in [0.1, 0.15) is 38.8 Å². The van der Waals surface area contributed by atoms with Gasteiger partial charge in [0.2, 0.25) is 0 Å². The van der Waals surface area contributed by atoms with E-state index >= 15 is 0 Å². The van der Waals surface area contributed by atoms with E-state index in [0.29, 0.717) is 23.4 Å². The molecule has 5 nitrogen and oxygen atoms in total. The summed E-state index contributed by atoms with van der Waals surface area (Å²) in [4.78, 5) is 24.5.